The summed E-state index contributed by atoms with van der Waals surface area (Å²) >= 11 is 0. The van der Waals surface area contributed by atoms with E-state index in [-0.39, 0.29) is 0 Å². The Balaban J connectivity index is 0.000000333. The van der Waals surface area contributed by atoms with E-state index in [2.05, 4.69) is 174 Å². The van der Waals surface area contributed by atoms with Crippen molar-refractivity contribution in [3.8, 4) is 0 Å². The molecule has 39 heavy (non-hydrogen) atoms. The lowest BCUT2D eigenvalue weighted by Crippen LogP contribution is -3.00. The number of benzene rings is 5. The summed E-state index contributed by atoms with van der Waals surface area (Å²) in [6.45, 7) is 6.55. The van der Waals surface area contributed by atoms with E-state index in [9.17, 15) is 0 Å². The zero-order chi connectivity index (χ0) is 27.7. The number of quaternary nitrogens is 1. The third-order valence-electron chi connectivity index (χ3n) is 7.84. The lowest BCUT2D eigenvalue weighted by atomic mass is 9.13. The highest BCUT2D eigenvalue weighted by atomic mass is 15.1. The second kappa shape index (κ2) is 13.1. The maximum absolute atomic E-state index is 2.33. The molecule has 0 bridgehead atoms. The molecular weight excluding hydrogens is 469 g/mol. The van der Waals surface area contributed by atoms with Gasteiger partial charge in [0.15, 0.2) is 0 Å². The molecule has 0 aliphatic heterocycles. The molecule has 0 aliphatic rings. The van der Waals surface area contributed by atoms with Crippen molar-refractivity contribution >= 4 is 39.3 Å². The van der Waals surface area contributed by atoms with Crippen LogP contribution < -0.4 is 26.8 Å². The summed E-state index contributed by atoms with van der Waals surface area (Å²) in [4.78, 5) is 1.37. The summed E-state index contributed by atoms with van der Waals surface area (Å²) in [7, 11) is 4.24. The molecule has 0 saturated heterocycles. The average Bonchev–Trinajstić information content (AvgIpc) is 3.00. The van der Waals surface area contributed by atoms with E-state index in [0.717, 1.165) is 0 Å². The van der Waals surface area contributed by atoms with Gasteiger partial charge in [-0.1, -0.05) is 139 Å². The van der Waals surface area contributed by atoms with Crippen molar-refractivity contribution in [1.29, 1.82) is 0 Å². The van der Waals surface area contributed by atoms with Crippen LogP contribution in [0.1, 0.15) is 26.3 Å². The highest BCUT2D eigenvalue weighted by Gasteiger charge is 2.31. The van der Waals surface area contributed by atoms with Crippen molar-refractivity contribution in [2.45, 2.75) is 20.8 Å². The molecule has 1 nitrogen and oxygen atoms in total. The van der Waals surface area contributed by atoms with Gasteiger partial charge in [-0.3, -0.25) is 0 Å². The van der Waals surface area contributed by atoms with Crippen molar-refractivity contribution in [2.75, 3.05) is 14.1 Å². The predicted molar refractivity (Wildman–Crippen MR) is 173 cm³/mol. The molecule has 0 spiro atoms. The molecule has 0 radical (unpaired) electrons. The fourth-order valence-corrected chi connectivity index (χ4v) is 5.46. The molecule has 0 saturated carbocycles. The first-order valence-corrected chi connectivity index (χ1v) is 13.9. The third kappa shape index (κ3) is 6.30. The summed E-state index contributed by atoms with van der Waals surface area (Å²) in [5.74, 6) is 0. The summed E-state index contributed by atoms with van der Waals surface area (Å²) in [5, 5.41) is 0. The van der Waals surface area contributed by atoms with Crippen LogP contribution in [0.2, 0.25) is 0 Å². The molecule has 0 atom stereocenters. The number of rotatable bonds is 6. The van der Waals surface area contributed by atoms with Crippen molar-refractivity contribution in [2.24, 2.45) is 0 Å². The molecule has 0 unspecified atom stereocenters. The Morgan fingerprint density at radius 2 is 0.769 bits per heavy atom. The standard InChI is InChI=1S/C29H28B.C8H11N/c1-23(2)24(3)25-19-21-29(22-20-25)30(26-13-7-4-8-14-26,27-15-9-5-10-16-27)28-17-11-6-12-18-28;1-9(2)8-6-4-3-5-7-8/h4-22H,1-3H3;3-7H,1-2H3/q-1;/p+1. The van der Waals surface area contributed by atoms with Crippen molar-refractivity contribution in [1.82, 2.24) is 0 Å². The topological polar surface area (TPSA) is 4.44 Å². The Morgan fingerprint density at radius 3 is 1.08 bits per heavy atom. The SMILES string of the molecule is CC(C)=C(C)c1ccc([B-](c2ccccc2)(c2ccccc2)c2ccccc2)cc1.C[NH+](C)c1ccccc1. The van der Waals surface area contributed by atoms with E-state index >= 15 is 0 Å². The lowest BCUT2D eigenvalue weighted by Gasteiger charge is -2.44. The van der Waals surface area contributed by atoms with Gasteiger partial charge in [0.2, 0.25) is 0 Å². The van der Waals surface area contributed by atoms with Crippen molar-refractivity contribution in [3.63, 3.8) is 0 Å². The molecule has 5 rings (SSSR count). The predicted octanol–water partition coefficient (Wildman–Crippen LogP) is 5.34. The van der Waals surface area contributed by atoms with Gasteiger partial charge in [0.1, 0.15) is 11.8 Å². The van der Waals surface area contributed by atoms with Gasteiger partial charge in [0.25, 0.3) is 0 Å². The number of hydrogen-bond acceptors (Lipinski definition) is 0. The molecule has 0 aromatic heterocycles. The van der Waals surface area contributed by atoms with Gasteiger partial charge in [-0.2, -0.15) is 21.9 Å². The molecule has 0 aliphatic carbocycles. The first-order chi connectivity index (χ1) is 18.9. The molecule has 5 aromatic rings. The van der Waals surface area contributed by atoms with Crippen LogP contribution in [0, 0.1) is 0 Å². The molecule has 0 fully saturated rings. The number of allylic oxidation sites excluding steroid dienone is 2. The van der Waals surface area contributed by atoms with E-state index in [1.54, 1.807) is 0 Å². The molecule has 5 aromatic carbocycles. The largest absolute Gasteiger partial charge is 0.307 e. The molecule has 0 amide bonds. The quantitative estimate of drug-likeness (QED) is 0.295. The first kappa shape index (κ1) is 27.9. The molecular formula is C37H40BN. The Hall–Kier alpha value is -4.14. The fraction of sp³-hybridized carbons (Fsp3) is 0.135. The van der Waals surface area contributed by atoms with Gasteiger partial charge >= 0.3 is 0 Å². The van der Waals surface area contributed by atoms with E-state index in [1.807, 2.05) is 6.07 Å². The highest BCUT2D eigenvalue weighted by molar-refractivity contribution is 7.19. The van der Waals surface area contributed by atoms with E-state index < -0.39 is 6.15 Å². The van der Waals surface area contributed by atoms with Gasteiger partial charge in [-0.05, 0) is 44.0 Å². The van der Waals surface area contributed by atoms with Crippen LogP contribution in [0.15, 0.2) is 151 Å². The molecule has 0 heterocycles. The summed E-state index contributed by atoms with van der Waals surface area (Å²) < 4.78 is 0. The fourth-order valence-electron chi connectivity index (χ4n) is 5.46. The Bertz CT molecular complexity index is 1360. The Morgan fingerprint density at radius 1 is 0.436 bits per heavy atom. The van der Waals surface area contributed by atoms with Crippen LogP contribution in [-0.4, -0.2) is 20.2 Å². The van der Waals surface area contributed by atoms with E-state index in [0.29, 0.717) is 0 Å². The molecule has 2 heteroatoms. The summed E-state index contributed by atoms with van der Waals surface area (Å²) in [6.07, 6.45) is -1.29. The zero-order valence-electron chi connectivity index (χ0n) is 23.9. The maximum atomic E-state index is 2.33. The van der Waals surface area contributed by atoms with Crippen LogP contribution >= 0.6 is 0 Å². The number of hydrogen-bond donors (Lipinski definition) is 1. The van der Waals surface area contributed by atoms with Crippen LogP contribution in [-0.2, 0) is 0 Å². The molecule has 196 valence electrons. The summed E-state index contributed by atoms with van der Waals surface area (Å²) in [6, 6.07) is 52.5. The Kier molecular flexibility index (Phi) is 9.36. The highest BCUT2D eigenvalue weighted by Crippen LogP contribution is 2.18. The number of para-hydroxylation sites is 1. The smallest absolute Gasteiger partial charge is 0.130 e. The Labute approximate surface area is 235 Å². The average molecular weight is 510 g/mol. The summed E-state index contributed by atoms with van der Waals surface area (Å²) in [5.41, 5.74) is 10.7. The maximum Gasteiger partial charge on any atom is 0.130 e. The van der Waals surface area contributed by atoms with Gasteiger partial charge in [-0.15, -0.1) is 0 Å². The van der Waals surface area contributed by atoms with Crippen LogP contribution in [0.3, 0.4) is 0 Å². The third-order valence-corrected chi connectivity index (χ3v) is 7.84. The van der Waals surface area contributed by atoms with E-state index in [4.69, 9.17) is 0 Å². The van der Waals surface area contributed by atoms with E-state index in [1.165, 1.54) is 49.1 Å². The number of nitrogens with one attached hydrogen (secondary N) is 1. The van der Waals surface area contributed by atoms with Crippen LogP contribution in [0.5, 0.6) is 0 Å². The van der Waals surface area contributed by atoms with Crippen LogP contribution in [0.4, 0.5) is 5.69 Å². The van der Waals surface area contributed by atoms with Crippen LogP contribution in [0.25, 0.3) is 5.57 Å². The van der Waals surface area contributed by atoms with Crippen molar-refractivity contribution < 1.29 is 4.90 Å². The molecule has 1 N–H and O–H groups in total. The normalized spacial score (nSPS) is 10.9. The first-order valence-electron chi connectivity index (χ1n) is 13.9. The minimum absolute atomic E-state index is 1.29. The monoisotopic (exact) mass is 509 g/mol. The van der Waals surface area contributed by atoms with Gasteiger partial charge in [0.05, 0.1) is 14.1 Å². The minimum Gasteiger partial charge on any atom is -0.307 e. The second-order valence-corrected chi connectivity index (χ2v) is 10.7. The second-order valence-electron chi connectivity index (χ2n) is 10.7. The van der Waals surface area contributed by atoms with Gasteiger partial charge in [0, 0.05) is 0 Å². The van der Waals surface area contributed by atoms with Gasteiger partial charge < -0.3 is 4.90 Å². The van der Waals surface area contributed by atoms with Gasteiger partial charge in [-0.25, -0.2) is 0 Å². The zero-order valence-corrected chi connectivity index (χ0v) is 23.9. The van der Waals surface area contributed by atoms with Crippen molar-refractivity contribution in [3.05, 3.63) is 157 Å². The lowest BCUT2D eigenvalue weighted by molar-refractivity contribution is -0.786. The minimum atomic E-state index is -1.29.